The number of aryl methyl sites for hydroxylation is 2. The van der Waals surface area contributed by atoms with Gasteiger partial charge in [-0.1, -0.05) is 24.3 Å². The molecule has 0 amide bonds. The molecule has 1 aromatic carbocycles. The lowest BCUT2D eigenvalue weighted by Crippen LogP contribution is -2.19. The van der Waals surface area contributed by atoms with E-state index in [9.17, 15) is 5.11 Å². The molecule has 2 rings (SSSR count). The van der Waals surface area contributed by atoms with E-state index in [-0.39, 0.29) is 0 Å². The summed E-state index contributed by atoms with van der Waals surface area (Å²) in [5.74, 6) is 0. The van der Waals surface area contributed by atoms with Gasteiger partial charge < -0.3 is 5.11 Å². The summed E-state index contributed by atoms with van der Waals surface area (Å²) < 4.78 is 1.83. The van der Waals surface area contributed by atoms with Gasteiger partial charge in [-0.3, -0.25) is 9.58 Å². The average Bonchev–Trinajstić information content (AvgIpc) is 2.82. The predicted octanol–water partition coefficient (Wildman–Crippen LogP) is 2.76. The Morgan fingerprint density at radius 1 is 1.09 bits per heavy atom. The molecule has 1 aromatic heterocycles. The van der Waals surface area contributed by atoms with Crippen LogP contribution >= 0.6 is 0 Å². The molecule has 1 heterocycles. The van der Waals surface area contributed by atoms with Gasteiger partial charge in [-0.15, -0.1) is 0 Å². The van der Waals surface area contributed by atoms with Crippen molar-refractivity contribution in [1.82, 2.24) is 14.7 Å². The highest BCUT2D eigenvalue weighted by Gasteiger charge is 2.12. The Hall–Kier alpha value is -1.65. The Morgan fingerprint density at radius 2 is 1.68 bits per heavy atom. The zero-order valence-electron chi connectivity index (χ0n) is 14.1. The fraction of sp³-hybridized carbons (Fsp3) is 0.500. The Labute approximate surface area is 133 Å². The maximum atomic E-state index is 9.78. The minimum absolute atomic E-state index is 0.595. The third kappa shape index (κ3) is 5.62. The highest BCUT2D eigenvalue weighted by molar-refractivity contribution is 5.23. The molecule has 0 unspecified atom stereocenters. The number of rotatable bonds is 7. The lowest BCUT2D eigenvalue weighted by Gasteiger charge is -2.17. The van der Waals surface area contributed by atoms with Crippen molar-refractivity contribution in [2.45, 2.75) is 45.4 Å². The Kier molecular flexibility index (Phi) is 5.37. The molecule has 1 N–H and O–H groups in total. The van der Waals surface area contributed by atoms with Crippen molar-refractivity contribution in [2.75, 3.05) is 7.05 Å². The van der Waals surface area contributed by atoms with E-state index in [2.05, 4.69) is 47.5 Å². The molecule has 0 aliphatic heterocycles. The molecule has 4 nitrogen and oxygen atoms in total. The molecule has 22 heavy (non-hydrogen) atoms. The maximum Gasteiger partial charge on any atom is 0.0594 e. The van der Waals surface area contributed by atoms with E-state index in [1.54, 1.807) is 0 Å². The molecule has 0 aliphatic carbocycles. The summed E-state index contributed by atoms with van der Waals surface area (Å²) in [5, 5.41) is 14.0. The van der Waals surface area contributed by atoms with Crippen molar-refractivity contribution in [3.8, 4) is 0 Å². The van der Waals surface area contributed by atoms with E-state index in [0.717, 1.165) is 25.9 Å². The first-order chi connectivity index (χ1) is 10.3. The third-order valence-electron chi connectivity index (χ3n) is 3.71. The molecule has 0 bridgehead atoms. The number of hydrogen-bond acceptors (Lipinski definition) is 3. The normalized spacial score (nSPS) is 12.1. The molecule has 0 aliphatic rings. The highest BCUT2D eigenvalue weighted by atomic mass is 16.3. The van der Waals surface area contributed by atoms with E-state index in [4.69, 9.17) is 0 Å². The number of aromatic nitrogens is 2. The summed E-state index contributed by atoms with van der Waals surface area (Å²) in [6.07, 6.45) is 5.66. The summed E-state index contributed by atoms with van der Waals surface area (Å²) >= 11 is 0. The van der Waals surface area contributed by atoms with Crippen molar-refractivity contribution in [3.05, 3.63) is 53.3 Å². The van der Waals surface area contributed by atoms with Crippen LogP contribution < -0.4 is 0 Å². The van der Waals surface area contributed by atoms with E-state index in [1.165, 1.54) is 16.7 Å². The second-order valence-corrected chi connectivity index (χ2v) is 6.82. The van der Waals surface area contributed by atoms with Crippen LogP contribution in [-0.4, -0.2) is 32.4 Å². The quantitative estimate of drug-likeness (QED) is 0.855. The van der Waals surface area contributed by atoms with Crippen LogP contribution in [-0.2, 0) is 26.6 Å². The number of nitrogens with zero attached hydrogens (tertiary/aromatic N) is 3. The molecule has 4 heteroatoms. The lowest BCUT2D eigenvalue weighted by atomic mass is 9.98. The summed E-state index contributed by atoms with van der Waals surface area (Å²) in [4.78, 5) is 2.28. The highest BCUT2D eigenvalue weighted by Crippen LogP contribution is 2.15. The number of hydrogen-bond donors (Lipinski definition) is 1. The molecular weight excluding hydrogens is 274 g/mol. The van der Waals surface area contributed by atoms with Crippen LogP contribution in [0.15, 0.2) is 36.7 Å². The summed E-state index contributed by atoms with van der Waals surface area (Å²) in [7, 11) is 4.06. The molecule has 0 saturated heterocycles. The van der Waals surface area contributed by atoms with Crippen molar-refractivity contribution >= 4 is 0 Å². The van der Waals surface area contributed by atoms with Crippen molar-refractivity contribution in [1.29, 1.82) is 0 Å². The van der Waals surface area contributed by atoms with Crippen LogP contribution in [0, 0.1) is 0 Å². The van der Waals surface area contributed by atoms with E-state index in [1.807, 2.05) is 31.8 Å². The van der Waals surface area contributed by atoms with Gasteiger partial charge in [0.1, 0.15) is 0 Å². The fourth-order valence-corrected chi connectivity index (χ4v) is 2.49. The first kappa shape index (κ1) is 16.7. The molecular formula is C18H27N3O. The van der Waals surface area contributed by atoms with Crippen LogP contribution in [0.25, 0.3) is 0 Å². The number of benzene rings is 1. The molecule has 0 spiro atoms. The second-order valence-electron chi connectivity index (χ2n) is 6.82. The van der Waals surface area contributed by atoms with Gasteiger partial charge >= 0.3 is 0 Å². The Bertz CT molecular complexity index is 581. The standard InChI is InChI=1S/C18H27N3O/c1-18(2,22)10-9-15-5-7-16(8-6-15)12-20(3)13-17-11-19-21(4)14-17/h5-8,11,14,22H,9-10,12-13H2,1-4H3. The van der Waals surface area contributed by atoms with Gasteiger partial charge in [0.05, 0.1) is 11.8 Å². The van der Waals surface area contributed by atoms with Crippen molar-refractivity contribution in [3.63, 3.8) is 0 Å². The van der Waals surface area contributed by atoms with Gasteiger partial charge in [-0.25, -0.2) is 0 Å². The first-order valence-corrected chi connectivity index (χ1v) is 7.78. The largest absolute Gasteiger partial charge is 0.390 e. The monoisotopic (exact) mass is 301 g/mol. The summed E-state index contributed by atoms with van der Waals surface area (Å²) in [6.45, 7) is 5.53. The summed E-state index contributed by atoms with van der Waals surface area (Å²) in [6, 6.07) is 8.69. The lowest BCUT2D eigenvalue weighted by molar-refractivity contribution is 0.0714. The molecule has 0 radical (unpaired) electrons. The zero-order valence-corrected chi connectivity index (χ0v) is 14.1. The van der Waals surface area contributed by atoms with Crippen molar-refractivity contribution < 1.29 is 5.11 Å². The van der Waals surface area contributed by atoms with E-state index >= 15 is 0 Å². The first-order valence-electron chi connectivity index (χ1n) is 7.78. The Morgan fingerprint density at radius 3 is 2.23 bits per heavy atom. The van der Waals surface area contributed by atoms with Crippen LogP contribution in [0.5, 0.6) is 0 Å². The van der Waals surface area contributed by atoms with Gasteiger partial charge in [0.2, 0.25) is 0 Å². The molecule has 0 atom stereocenters. The van der Waals surface area contributed by atoms with E-state index in [0.29, 0.717) is 0 Å². The molecule has 0 saturated carbocycles. The molecule has 120 valence electrons. The maximum absolute atomic E-state index is 9.78. The minimum Gasteiger partial charge on any atom is -0.390 e. The zero-order chi connectivity index (χ0) is 16.2. The second kappa shape index (κ2) is 7.07. The third-order valence-corrected chi connectivity index (χ3v) is 3.71. The van der Waals surface area contributed by atoms with Crippen LogP contribution in [0.4, 0.5) is 0 Å². The number of aliphatic hydroxyl groups is 1. The SMILES string of the molecule is CN(Cc1ccc(CCC(C)(C)O)cc1)Cc1cnn(C)c1. The van der Waals surface area contributed by atoms with Crippen LogP contribution in [0.2, 0.25) is 0 Å². The van der Waals surface area contributed by atoms with Crippen LogP contribution in [0.1, 0.15) is 37.0 Å². The predicted molar refractivity (Wildman–Crippen MR) is 89.4 cm³/mol. The van der Waals surface area contributed by atoms with Crippen LogP contribution in [0.3, 0.4) is 0 Å². The minimum atomic E-state index is -0.595. The van der Waals surface area contributed by atoms with Gasteiger partial charge in [-0.2, -0.15) is 5.10 Å². The molecule has 2 aromatic rings. The van der Waals surface area contributed by atoms with Gasteiger partial charge in [0, 0.05) is 31.9 Å². The van der Waals surface area contributed by atoms with E-state index < -0.39 is 5.60 Å². The topological polar surface area (TPSA) is 41.3 Å². The summed E-state index contributed by atoms with van der Waals surface area (Å²) in [5.41, 5.74) is 3.22. The van der Waals surface area contributed by atoms with Crippen molar-refractivity contribution in [2.24, 2.45) is 7.05 Å². The van der Waals surface area contributed by atoms with Gasteiger partial charge in [0.25, 0.3) is 0 Å². The van der Waals surface area contributed by atoms with Gasteiger partial charge in [-0.05, 0) is 44.9 Å². The smallest absolute Gasteiger partial charge is 0.0594 e. The molecule has 0 fully saturated rings. The Balaban J connectivity index is 1.85. The fourth-order valence-electron chi connectivity index (χ4n) is 2.49. The average molecular weight is 301 g/mol. The van der Waals surface area contributed by atoms with Gasteiger partial charge in [0.15, 0.2) is 0 Å².